The van der Waals surface area contributed by atoms with E-state index in [0.717, 1.165) is 5.12 Å². The van der Waals surface area contributed by atoms with Gasteiger partial charge in [-0.25, -0.2) is 21.2 Å². The van der Waals surface area contributed by atoms with Crippen LogP contribution in [0.5, 0.6) is 0 Å². The second-order valence-electron chi connectivity index (χ2n) is 3.64. The zero-order valence-electron chi connectivity index (χ0n) is 8.48. The Morgan fingerprint density at radius 1 is 1.62 bits per heavy atom. The van der Waals surface area contributed by atoms with Crippen molar-refractivity contribution in [3.8, 4) is 0 Å². The lowest BCUT2D eigenvalue weighted by Crippen LogP contribution is -2.54. The van der Waals surface area contributed by atoms with Crippen molar-refractivity contribution in [2.75, 3.05) is 6.61 Å². The van der Waals surface area contributed by atoms with E-state index in [1.54, 1.807) is 0 Å². The van der Waals surface area contributed by atoms with Crippen molar-refractivity contribution < 1.29 is 19.7 Å². The number of rotatable bonds is 2. The number of carbonyl (C=O) groups is 1. The van der Waals surface area contributed by atoms with Crippen LogP contribution in [0.25, 0.3) is 0 Å². The maximum atomic E-state index is 11.5. The van der Waals surface area contributed by atoms with Gasteiger partial charge in [-0.15, -0.1) is 0 Å². The van der Waals surface area contributed by atoms with Crippen molar-refractivity contribution in [2.24, 2.45) is 5.84 Å². The summed E-state index contributed by atoms with van der Waals surface area (Å²) < 4.78 is 5.32. The molecule has 90 valence electrons. The summed E-state index contributed by atoms with van der Waals surface area (Å²) in [6, 6.07) is -0.444. The lowest BCUT2D eigenvalue weighted by atomic mass is 10.2. The van der Waals surface area contributed by atoms with E-state index in [4.69, 9.17) is 15.7 Å². The maximum Gasteiger partial charge on any atom is 0.343 e. The van der Waals surface area contributed by atoms with Crippen LogP contribution in [-0.2, 0) is 4.74 Å². The van der Waals surface area contributed by atoms with E-state index in [2.05, 4.69) is 5.43 Å². The van der Waals surface area contributed by atoms with Crippen LogP contribution >= 0.6 is 0 Å². The number of nitrogens with one attached hydrogen (secondary N) is 1. The molecule has 0 radical (unpaired) electrons. The van der Waals surface area contributed by atoms with Gasteiger partial charge >= 0.3 is 6.03 Å². The average Bonchev–Trinajstić information content (AvgIpc) is 2.59. The fraction of sp³-hybridized carbons (Fsp3) is 0.625. The number of nitrogens with zero attached hydrogens (tertiary/aromatic N) is 2. The normalized spacial score (nSPS) is 34.4. The SMILES string of the molecule is NN1C=CN([C@H]2C[C@H](O)[C@@H](CO)O2)C(=O)N1. The van der Waals surface area contributed by atoms with E-state index in [-0.39, 0.29) is 13.0 Å². The van der Waals surface area contributed by atoms with Gasteiger partial charge in [0, 0.05) is 12.6 Å². The van der Waals surface area contributed by atoms with Crippen molar-refractivity contribution in [1.82, 2.24) is 15.4 Å². The Morgan fingerprint density at radius 3 is 2.94 bits per heavy atom. The molecule has 0 aliphatic carbocycles. The maximum absolute atomic E-state index is 11.5. The number of hydrazine groups is 2. The van der Waals surface area contributed by atoms with Gasteiger partial charge in [0.1, 0.15) is 12.3 Å². The molecule has 0 spiro atoms. The van der Waals surface area contributed by atoms with Crippen LogP contribution in [0.3, 0.4) is 0 Å². The monoisotopic (exact) mass is 230 g/mol. The summed E-state index contributed by atoms with van der Waals surface area (Å²) in [6.07, 6.45) is 1.15. The zero-order chi connectivity index (χ0) is 11.7. The van der Waals surface area contributed by atoms with Crippen LogP contribution in [0.4, 0.5) is 4.79 Å². The molecule has 3 atom stereocenters. The second kappa shape index (κ2) is 4.26. The Morgan fingerprint density at radius 2 is 2.38 bits per heavy atom. The van der Waals surface area contributed by atoms with E-state index in [1.807, 2.05) is 0 Å². The molecule has 0 aromatic carbocycles. The smallest absolute Gasteiger partial charge is 0.343 e. The molecule has 1 saturated heterocycles. The van der Waals surface area contributed by atoms with E-state index in [1.165, 1.54) is 17.3 Å². The molecule has 0 saturated carbocycles. The molecular weight excluding hydrogens is 216 g/mol. The lowest BCUT2D eigenvalue weighted by molar-refractivity contribution is -0.0564. The van der Waals surface area contributed by atoms with Gasteiger partial charge < -0.3 is 14.9 Å². The number of hydrogen-bond donors (Lipinski definition) is 4. The molecule has 2 aliphatic rings. The van der Waals surface area contributed by atoms with Crippen LogP contribution in [0.15, 0.2) is 12.4 Å². The van der Waals surface area contributed by atoms with Crippen molar-refractivity contribution in [3.63, 3.8) is 0 Å². The third kappa shape index (κ3) is 1.95. The quantitative estimate of drug-likeness (QED) is 0.410. The molecule has 2 amide bonds. The van der Waals surface area contributed by atoms with Crippen molar-refractivity contribution in [2.45, 2.75) is 24.9 Å². The van der Waals surface area contributed by atoms with Crippen LogP contribution in [0, 0.1) is 0 Å². The second-order valence-corrected chi connectivity index (χ2v) is 3.64. The van der Waals surface area contributed by atoms with Gasteiger partial charge in [-0.1, -0.05) is 0 Å². The number of urea groups is 1. The summed E-state index contributed by atoms with van der Waals surface area (Å²) in [5, 5.41) is 19.5. The standard InChI is InChI=1S/C8H14N4O4/c9-12-2-1-11(8(15)10-12)7-3-5(14)6(4-13)16-7/h1-2,5-7,13-14H,3-4,9H2,(H,10,15)/t5-,6+,7+/m0/s1. The number of amides is 2. The van der Waals surface area contributed by atoms with Gasteiger partial charge in [0.2, 0.25) is 0 Å². The lowest BCUT2D eigenvalue weighted by Gasteiger charge is -2.31. The third-order valence-electron chi connectivity index (χ3n) is 2.54. The summed E-state index contributed by atoms with van der Waals surface area (Å²) in [5.74, 6) is 5.32. The first-order valence-electron chi connectivity index (χ1n) is 4.87. The number of nitrogens with two attached hydrogens (primary N) is 1. The number of aliphatic hydroxyl groups excluding tert-OH is 2. The van der Waals surface area contributed by atoms with Crippen LogP contribution < -0.4 is 11.3 Å². The predicted octanol–water partition coefficient (Wildman–Crippen LogP) is -1.96. The van der Waals surface area contributed by atoms with Crippen LogP contribution in [0.1, 0.15) is 6.42 Å². The van der Waals surface area contributed by atoms with Gasteiger partial charge in [-0.3, -0.25) is 4.90 Å². The minimum atomic E-state index is -0.771. The first kappa shape index (κ1) is 11.1. The van der Waals surface area contributed by atoms with Gasteiger partial charge in [-0.05, 0) is 0 Å². The van der Waals surface area contributed by atoms with E-state index in [9.17, 15) is 9.90 Å². The molecule has 0 aromatic heterocycles. The summed E-state index contributed by atoms with van der Waals surface area (Å²) >= 11 is 0. The van der Waals surface area contributed by atoms with Crippen molar-refractivity contribution >= 4 is 6.03 Å². The molecule has 2 rings (SSSR count). The molecule has 0 aromatic rings. The Balaban J connectivity index is 2.04. The number of ether oxygens (including phenoxy) is 1. The molecular formula is C8H14N4O4. The third-order valence-corrected chi connectivity index (χ3v) is 2.54. The molecule has 0 unspecified atom stereocenters. The fourth-order valence-corrected chi connectivity index (χ4v) is 1.69. The molecule has 0 bridgehead atoms. The molecule has 2 heterocycles. The first-order chi connectivity index (χ1) is 7.61. The predicted molar refractivity (Wildman–Crippen MR) is 51.9 cm³/mol. The topological polar surface area (TPSA) is 111 Å². The van der Waals surface area contributed by atoms with E-state index < -0.39 is 24.5 Å². The minimum Gasteiger partial charge on any atom is -0.394 e. The molecule has 2 aliphatic heterocycles. The highest BCUT2D eigenvalue weighted by Gasteiger charge is 2.38. The van der Waals surface area contributed by atoms with E-state index >= 15 is 0 Å². The number of carbonyl (C=O) groups excluding carboxylic acids is 1. The molecule has 5 N–H and O–H groups in total. The summed E-state index contributed by atoms with van der Waals surface area (Å²) in [4.78, 5) is 12.8. The van der Waals surface area contributed by atoms with Gasteiger partial charge in [-0.2, -0.15) is 0 Å². The Bertz CT molecular complexity index is 310. The largest absolute Gasteiger partial charge is 0.394 e. The van der Waals surface area contributed by atoms with Crippen molar-refractivity contribution in [3.05, 3.63) is 12.4 Å². The van der Waals surface area contributed by atoms with Gasteiger partial charge in [0.15, 0.2) is 0 Å². The highest BCUT2D eigenvalue weighted by atomic mass is 16.5. The van der Waals surface area contributed by atoms with E-state index in [0.29, 0.717) is 0 Å². The fourth-order valence-electron chi connectivity index (χ4n) is 1.69. The molecule has 1 fully saturated rings. The Labute approximate surface area is 91.8 Å². The molecule has 16 heavy (non-hydrogen) atoms. The summed E-state index contributed by atoms with van der Waals surface area (Å²) in [6.45, 7) is -0.278. The van der Waals surface area contributed by atoms with Gasteiger partial charge in [0.05, 0.1) is 18.9 Å². The minimum absolute atomic E-state index is 0.257. The summed E-state index contributed by atoms with van der Waals surface area (Å²) in [7, 11) is 0. The number of hydrogen-bond acceptors (Lipinski definition) is 6. The Hall–Kier alpha value is -1.35. The van der Waals surface area contributed by atoms with Crippen LogP contribution in [0.2, 0.25) is 0 Å². The average molecular weight is 230 g/mol. The van der Waals surface area contributed by atoms with Crippen molar-refractivity contribution in [1.29, 1.82) is 0 Å². The first-order valence-corrected chi connectivity index (χ1v) is 4.87. The highest BCUT2D eigenvalue weighted by molar-refractivity contribution is 5.75. The van der Waals surface area contributed by atoms with Crippen LogP contribution in [-0.4, -0.2) is 51.3 Å². The Kier molecular flexibility index (Phi) is 2.97. The molecule has 8 heteroatoms. The highest BCUT2D eigenvalue weighted by Crippen LogP contribution is 2.24. The summed E-state index contributed by atoms with van der Waals surface area (Å²) in [5.41, 5.74) is 2.34. The zero-order valence-corrected chi connectivity index (χ0v) is 8.48. The molecule has 8 nitrogen and oxygen atoms in total. The van der Waals surface area contributed by atoms with Gasteiger partial charge in [0.25, 0.3) is 0 Å². The number of aliphatic hydroxyl groups is 2.